The van der Waals surface area contributed by atoms with Crippen molar-refractivity contribution in [3.05, 3.63) is 90.1 Å². The first-order valence-corrected chi connectivity index (χ1v) is 7.14. The lowest BCUT2D eigenvalue weighted by Crippen LogP contribution is -2.35. The molecule has 2 aromatic carbocycles. The van der Waals surface area contributed by atoms with Gasteiger partial charge in [-0.3, -0.25) is 0 Å². The van der Waals surface area contributed by atoms with Gasteiger partial charge in [0, 0.05) is 12.1 Å². The quantitative estimate of drug-likeness (QED) is 0.415. The van der Waals surface area contributed by atoms with Gasteiger partial charge in [-0.15, -0.1) is 0 Å². The molecule has 3 rings (SSSR count). The Kier molecular flexibility index (Phi) is 3.97. The third-order valence-corrected chi connectivity index (χ3v) is 3.48. The van der Waals surface area contributed by atoms with Crippen LogP contribution in [-0.4, -0.2) is 5.90 Å². The summed E-state index contributed by atoms with van der Waals surface area (Å²) < 4.78 is 1.64. The van der Waals surface area contributed by atoms with Gasteiger partial charge in [0.2, 0.25) is 11.9 Å². The molecule has 3 heteroatoms. The minimum atomic E-state index is -0.258. The summed E-state index contributed by atoms with van der Waals surface area (Å²) >= 11 is 0. The second-order valence-corrected chi connectivity index (χ2v) is 5.02. The average molecular weight is 288 g/mol. The van der Waals surface area contributed by atoms with Crippen LogP contribution in [0.1, 0.15) is 11.1 Å². The van der Waals surface area contributed by atoms with Gasteiger partial charge in [-0.05, 0) is 35.3 Å². The molecule has 0 aliphatic carbocycles. The largest absolute Gasteiger partial charge is 0.854 e. The number of rotatable bonds is 3. The van der Waals surface area contributed by atoms with Gasteiger partial charge in [-0.1, -0.05) is 53.2 Å². The van der Waals surface area contributed by atoms with E-state index in [9.17, 15) is 5.11 Å². The van der Waals surface area contributed by atoms with E-state index >= 15 is 0 Å². The zero-order valence-electron chi connectivity index (χ0n) is 12.3. The predicted octanol–water partition coefficient (Wildman–Crippen LogP) is 2.52. The number of pyridine rings is 1. The van der Waals surface area contributed by atoms with Crippen LogP contribution in [0.3, 0.4) is 0 Å². The van der Waals surface area contributed by atoms with Gasteiger partial charge >= 0.3 is 0 Å². The van der Waals surface area contributed by atoms with Gasteiger partial charge in [-0.2, -0.15) is 0 Å². The van der Waals surface area contributed by atoms with Crippen LogP contribution in [0.4, 0.5) is 0 Å². The second kappa shape index (κ2) is 6.22. The standard InChI is InChI=1S/C19H16N2O/c1-15-9-5-6-12-17(15)18-13-7-8-14-21(18)20-19(22)16-10-3-2-4-11-16/h2-14H,1H3. The summed E-state index contributed by atoms with van der Waals surface area (Å²) in [6.07, 6.45) is 1.79. The van der Waals surface area contributed by atoms with Crippen molar-refractivity contribution in [3.63, 3.8) is 0 Å². The molecule has 22 heavy (non-hydrogen) atoms. The van der Waals surface area contributed by atoms with Crippen LogP contribution >= 0.6 is 0 Å². The third-order valence-electron chi connectivity index (χ3n) is 3.48. The Hall–Kier alpha value is -2.94. The smallest absolute Gasteiger partial charge is 0.245 e. The van der Waals surface area contributed by atoms with E-state index in [1.165, 1.54) is 0 Å². The topological polar surface area (TPSA) is 39.3 Å². The molecule has 0 saturated heterocycles. The van der Waals surface area contributed by atoms with E-state index in [0.29, 0.717) is 5.56 Å². The van der Waals surface area contributed by atoms with E-state index in [4.69, 9.17) is 0 Å². The van der Waals surface area contributed by atoms with E-state index in [-0.39, 0.29) is 5.90 Å². The van der Waals surface area contributed by atoms with Gasteiger partial charge in [0.05, 0.1) is 11.5 Å². The van der Waals surface area contributed by atoms with Gasteiger partial charge in [0.25, 0.3) is 0 Å². The Morgan fingerprint density at radius 2 is 1.55 bits per heavy atom. The molecular weight excluding hydrogens is 272 g/mol. The highest BCUT2D eigenvalue weighted by Crippen LogP contribution is 2.19. The van der Waals surface area contributed by atoms with Crippen LogP contribution in [0.2, 0.25) is 0 Å². The molecule has 0 N–H and O–H groups in total. The number of hydrogen-bond acceptors (Lipinski definition) is 2. The van der Waals surface area contributed by atoms with E-state index < -0.39 is 0 Å². The van der Waals surface area contributed by atoms with Crippen LogP contribution in [0.15, 0.2) is 84.1 Å². The summed E-state index contributed by atoms with van der Waals surface area (Å²) in [6, 6.07) is 22.9. The first kappa shape index (κ1) is 14.0. The first-order valence-electron chi connectivity index (χ1n) is 7.14. The summed E-state index contributed by atoms with van der Waals surface area (Å²) in [6.45, 7) is 2.05. The van der Waals surface area contributed by atoms with E-state index in [1.54, 1.807) is 23.0 Å². The fourth-order valence-electron chi connectivity index (χ4n) is 2.33. The molecule has 1 aromatic heterocycles. The molecule has 108 valence electrons. The summed E-state index contributed by atoms with van der Waals surface area (Å²) in [4.78, 5) is 0. The van der Waals surface area contributed by atoms with Crippen LogP contribution < -0.4 is 9.78 Å². The molecule has 0 saturated carbocycles. The third kappa shape index (κ3) is 2.88. The maximum Gasteiger partial charge on any atom is 0.245 e. The number of hydrogen-bond donors (Lipinski definition) is 0. The van der Waals surface area contributed by atoms with Crippen molar-refractivity contribution in [1.29, 1.82) is 0 Å². The Bertz CT molecular complexity index is 810. The molecular formula is C19H16N2O. The lowest BCUT2D eigenvalue weighted by atomic mass is 10.1. The Balaban J connectivity index is 2.08. The maximum absolute atomic E-state index is 12.3. The van der Waals surface area contributed by atoms with Gasteiger partial charge < -0.3 is 5.11 Å². The highest BCUT2D eigenvalue weighted by atomic mass is 16.3. The highest BCUT2D eigenvalue weighted by Gasteiger charge is 2.13. The molecule has 0 atom stereocenters. The number of aryl methyl sites for hydroxylation is 1. The first-order chi connectivity index (χ1) is 10.8. The Morgan fingerprint density at radius 3 is 2.32 bits per heavy atom. The van der Waals surface area contributed by atoms with Crippen LogP contribution in [-0.2, 0) is 0 Å². The minimum absolute atomic E-state index is 0.258. The molecule has 0 fully saturated rings. The molecule has 0 unspecified atom stereocenters. The van der Waals surface area contributed by atoms with Crippen molar-refractivity contribution < 1.29 is 9.78 Å². The number of aromatic nitrogens is 1. The average Bonchev–Trinajstić information content (AvgIpc) is 2.57. The van der Waals surface area contributed by atoms with E-state index in [1.807, 2.05) is 67.6 Å². The molecule has 0 amide bonds. The van der Waals surface area contributed by atoms with Crippen LogP contribution in [0.5, 0.6) is 0 Å². The van der Waals surface area contributed by atoms with Crippen molar-refractivity contribution in [2.24, 2.45) is 5.10 Å². The van der Waals surface area contributed by atoms with Crippen molar-refractivity contribution in [3.8, 4) is 11.3 Å². The molecule has 3 nitrogen and oxygen atoms in total. The SMILES string of the molecule is Cc1ccccc1-c1cccc[n+]1/N=C(\[O-])c1ccccc1. The molecule has 0 bridgehead atoms. The predicted molar refractivity (Wildman–Crippen MR) is 85.2 cm³/mol. The minimum Gasteiger partial charge on any atom is -0.854 e. The van der Waals surface area contributed by atoms with Gasteiger partial charge in [0.1, 0.15) is 0 Å². The van der Waals surface area contributed by atoms with Crippen LogP contribution in [0, 0.1) is 6.92 Å². The lowest BCUT2D eigenvalue weighted by Gasteiger charge is -2.08. The molecule has 0 radical (unpaired) electrons. The van der Waals surface area contributed by atoms with E-state index in [2.05, 4.69) is 5.10 Å². The molecule has 0 aliphatic heterocycles. The molecule has 0 aliphatic rings. The molecule has 3 aromatic rings. The normalized spacial score (nSPS) is 11.4. The fraction of sp³-hybridized carbons (Fsp3) is 0.0526. The highest BCUT2D eigenvalue weighted by molar-refractivity contribution is 5.89. The monoisotopic (exact) mass is 288 g/mol. The van der Waals surface area contributed by atoms with Crippen LogP contribution in [0.25, 0.3) is 11.3 Å². The lowest BCUT2D eigenvalue weighted by molar-refractivity contribution is -0.670. The zero-order valence-corrected chi connectivity index (χ0v) is 12.3. The number of benzene rings is 2. The van der Waals surface area contributed by atoms with Crippen molar-refractivity contribution in [2.45, 2.75) is 6.92 Å². The zero-order chi connectivity index (χ0) is 15.4. The maximum atomic E-state index is 12.3. The molecule has 1 heterocycles. The number of nitrogens with zero attached hydrogens (tertiary/aromatic N) is 2. The van der Waals surface area contributed by atoms with Gasteiger partial charge in [0.15, 0.2) is 0 Å². The summed E-state index contributed by atoms with van der Waals surface area (Å²) in [7, 11) is 0. The Morgan fingerprint density at radius 1 is 0.864 bits per heavy atom. The fourth-order valence-corrected chi connectivity index (χ4v) is 2.33. The van der Waals surface area contributed by atoms with Crippen molar-refractivity contribution in [2.75, 3.05) is 0 Å². The van der Waals surface area contributed by atoms with E-state index in [0.717, 1.165) is 16.8 Å². The second-order valence-electron chi connectivity index (χ2n) is 5.02. The van der Waals surface area contributed by atoms with Crippen molar-refractivity contribution >= 4 is 5.90 Å². The summed E-state index contributed by atoms with van der Waals surface area (Å²) in [5.41, 5.74) is 3.68. The summed E-state index contributed by atoms with van der Waals surface area (Å²) in [5.74, 6) is -0.258. The molecule has 0 spiro atoms. The Labute approximate surface area is 129 Å². The summed E-state index contributed by atoms with van der Waals surface area (Å²) in [5, 5.41) is 16.5. The van der Waals surface area contributed by atoms with Gasteiger partial charge in [-0.25, -0.2) is 0 Å². The van der Waals surface area contributed by atoms with Crippen molar-refractivity contribution in [1.82, 2.24) is 0 Å².